The first-order chi connectivity index (χ1) is 15.4. The average molecular weight is 459 g/mol. The fourth-order valence-electron chi connectivity index (χ4n) is 4.00. The summed E-state index contributed by atoms with van der Waals surface area (Å²) in [6, 6.07) is 6.08. The second-order valence-electron chi connectivity index (χ2n) is 9.22. The number of nitrogens with zero attached hydrogens (tertiary/aromatic N) is 1. The molecular formula is C23H29N3O7. The van der Waals surface area contributed by atoms with Gasteiger partial charge in [0, 0.05) is 6.54 Å². The Balaban J connectivity index is 1.87. The predicted octanol–water partition coefficient (Wildman–Crippen LogP) is 1.27. The molecule has 0 radical (unpaired) electrons. The van der Waals surface area contributed by atoms with Crippen molar-refractivity contribution in [3.05, 3.63) is 41.1 Å². The number of benzene rings is 1. The number of fused-ring (bicyclic) bond motifs is 1. The number of nitrogens with two attached hydrogens (primary N) is 1. The first-order valence-electron chi connectivity index (χ1n) is 10.6. The van der Waals surface area contributed by atoms with Crippen molar-refractivity contribution in [2.45, 2.75) is 52.8 Å². The van der Waals surface area contributed by atoms with Gasteiger partial charge < -0.3 is 30.5 Å². The Morgan fingerprint density at radius 1 is 1.27 bits per heavy atom. The van der Waals surface area contributed by atoms with E-state index in [9.17, 15) is 24.3 Å². The lowest BCUT2D eigenvalue weighted by atomic mass is 9.82. The number of hydrogen-bond acceptors (Lipinski definition) is 7. The van der Waals surface area contributed by atoms with Crippen molar-refractivity contribution in [1.82, 2.24) is 10.2 Å². The second kappa shape index (κ2) is 9.22. The molecule has 1 aromatic carbocycles. The van der Waals surface area contributed by atoms with Gasteiger partial charge in [0.15, 0.2) is 0 Å². The van der Waals surface area contributed by atoms with Crippen molar-refractivity contribution in [2.24, 2.45) is 17.1 Å². The number of carbonyl (C=O) groups excluding carboxylic acids is 4. The minimum Gasteiger partial charge on any atom is -0.427 e. The van der Waals surface area contributed by atoms with E-state index in [0.29, 0.717) is 17.6 Å². The van der Waals surface area contributed by atoms with Crippen LogP contribution in [0, 0.1) is 11.3 Å². The van der Waals surface area contributed by atoms with Gasteiger partial charge in [-0.25, -0.2) is 9.59 Å². The molecule has 0 unspecified atom stereocenters. The van der Waals surface area contributed by atoms with Crippen LogP contribution >= 0.6 is 0 Å². The maximum absolute atomic E-state index is 13.0. The molecule has 0 bridgehead atoms. The quantitative estimate of drug-likeness (QED) is 0.316. The third-order valence-corrected chi connectivity index (χ3v) is 5.66. The summed E-state index contributed by atoms with van der Waals surface area (Å²) in [4.78, 5) is 50.0. The van der Waals surface area contributed by atoms with Gasteiger partial charge in [0.05, 0.1) is 23.5 Å². The number of carbonyl (C=O) groups is 4. The third kappa shape index (κ3) is 5.00. The molecule has 178 valence electrons. The monoisotopic (exact) mass is 459 g/mol. The molecule has 33 heavy (non-hydrogen) atoms. The standard InChI is InChI=1S/C23H29N3O7/c1-12(27)17-16-9-15(14-7-5-6-13(8-14)10-25-22(24)31)18(26(16)19(17)28)20(29)32-11-33-21(30)23(2,3)4/h5-8,12,16-17,27H,9-11H2,1-4H3,(H3,24,25,31)/t12-,16-,17-/m1/s1. The number of nitrogens with one attached hydrogen (secondary N) is 1. The van der Waals surface area contributed by atoms with E-state index in [1.807, 2.05) is 0 Å². The van der Waals surface area contributed by atoms with Crippen LogP contribution in [-0.2, 0) is 30.4 Å². The number of aliphatic hydroxyl groups excluding tert-OH is 1. The Kier molecular flexibility index (Phi) is 6.78. The van der Waals surface area contributed by atoms with E-state index >= 15 is 0 Å². The molecule has 2 aliphatic heterocycles. The molecule has 0 aliphatic carbocycles. The van der Waals surface area contributed by atoms with Gasteiger partial charge in [-0.3, -0.25) is 9.59 Å². The summed E-state index contributed by atoms with van der Waals surface area (Å²) in [7, 11) is 0. The van der Waals surface area contributed by atoms with E-state index in [2.05, 4.69) is 5.32 Å². The van der Waals surface area contributed by atoms with Gasteiger partial charge in [-0.15, -0.1) is 0 Å². The maximum atomic E-state index is 13.0. The summed E-state index contributed by atoms with van der Waals surface area (Å²) in [5.41, 5.74) is 6.43. The molecular weight excluding hydrogens is 430 g/mol. The molecule has 0 spiro atoms. The number of amides is 3. The van der Waals surface area contributed by atoms with Crippen molar-refractivity contribution in [3.8, 4) is 0 Å². The first-order valence-corrected chi connectivity index (χ1v) is 10.6. The van der Waals surface area contributed by atoms with E-state index in [1.165, 1.54) is 11.8 Å². The van der Waals surface area contributed by atoms with Gasteiger partial charge >= 0.3 is 18.0 Å². The largest absolute Gasteiger partial charge is 0.427 e. The molecule has 10 heteroatoms. The molecule has 10 nitrogen and oxygen atoms in total. The SMILES string of the molecule is C[C@@H](O)[C@H]1C(=O)N2C(C(=O)OCOC(=O)C(C)(C)C)=C(c3cccc(CNC(N)=O)c3)C[C@H]12. The Hall–Kier alpha value is -3.40. The molecule has 2 aliphatic rings. The smallest absolute Gasteiger partial charge is 0.358 e. The molecule has 1 aromatic rings. The number of aliphatic hydroxyl groups is 1. The number of rotatable bonds is 7. The van der Waals surface area contributed by atoms with Crippen LogP contribution in [0.15, 0.2) is 30.0 Å². The van der Waals surface area contributed by atoms with Crippen LogP contribution in [0.1, 0.15) is 45.2 Å². The van der Waals surface area contributed by atoms with Crippen LogP contribution < -0.4 is 11.1 Å². The Labute approximate surface area is 191 Å². The highest BCUT2D eigenvalue weighted by Gasteiger charge is 2.57. The number of esters is 2. The van der Waals surface area contributed by atoms with Crippen LogP contribution in [0.25, 0.3) is 5.57 Å². The van der Waals surface area contributed by atoms with Gasteiger partial charge in [-0.05, 0) is 56.9 Å². The van der Waals surface area contributed by atoms with E-state index in [0.717, 1.165) is 5.56 Å². The summed E-state index contributed by atoms with van der Waals surface area (Å²) < 4.78 is 10.2. The molecule has 3 amide bonds. The highest BCUT2D eigenvalue weighted by atomic mass is 16.7. The van der Waals surface area contributed by atoms with Crippen LogP contribution in [0.5, 0.6) is 0 Å². The highest BCUT2D eigenvalue weighted by Crippen LogP contribution is 2.47. The molecule has 1 fully saturated rings. The molecule has 0 saturated carbocycles. The highest BCUT2D eigenvalue weighted by molar-refractivity contribution is 6.06. The Morgan fingerprint density at radius 3 is 2.58 bits per heavy atom. The topological polar surface area (TPSA) is 148 Å². The maximum Gasteiger partial charge on any atom is 0.358 e. The number of ether oxygens (including phenoxy) is 2. The third-order valence-electron chi connectivity index (χ3n) is 5.66. The summed E-state index contributed by atoms with van der Waals surface area (Å²) in [6.45, 7) is 6.18. The minimum absolute atomic E-state index is 0.0636. The Bertz CT molecular complexity index is 1010. The van der Waals surface area contributed by atoms with Gasteiger partial charge in [0.1, 0.15) is 5.70 Å². The average Bonchev–Trinajstić information content (AvgIpc) is 3.06. The lowest BCUT2D eigenvalue weighted by molar-refractivity contribution is -0.175. The van der Waals surface area contributed by atoms with Crippen LogP contribution in [0.2, 0.25) is 0 Å². The summed E-state index contributed by atoms with van der Waals surface area (Å²) in [6.07, 6.45) is -0.519. The molecule has 0 aromatic heterocycles. The lowest BCUT2D eigenvalue weighted by Crippen LogP contribution is -2.61. The second-order valence-corrected chi connectivity index (χ2v) is 9.22. The van der Waals surface area contributed by atoms with E-state index in [4.69, 9.17) is 15.2 Å². The van der Waals surface area contributed by atoms with Crippen molar-refractivity contribution in [2.75, 3.05) is 6.79 Å². The number of β-lactam (4-membered cyclic amide) rings is 1. The summed E-state index contributed by atoms with van der Waals surface area (Å²) in [5.74, 6) is -2.32. The normalized spacial score (nSPS) is 20.6. The van der Waals surface area contributed by atoms with Crippen LogP contribution in [0.4, 0.5) is 4.79 Å². The molecule has 2 heterocycles. The zero-order valence-electron chi connectivity index (χ0n) is 19.1. The van der Waals surface area contributed by atoms with Crippen molar-refractivity contribution >= 4 is 29.5 Å². The zero-order valence-corrected chi connectivity index (χ0v) is 19.1. The van der Waals surface area contributed by atoms with Crippen LogP contribution in [0.3, 0.4) is 0 Å². The van der Waals surface area contributed by atoms with Gasteiger partial charge in [-0.2, -0.15) is 0 Å². The van der Waals surface area contributed by atoms with Crippen molar-refractivity contribution in [3.63, 3.8) is 0 Å². The number of primary amides is 1. The van der Waals surface area contributed by atoms with Gasteiger partial charge in [0.2, 0.25) is 12.7 Å². The number of hydrogen-bond donors (Lipinski definition) is 3. The number of urea groups is 1. The van der Waals surface area contributed by atoms with Crippen LogP contribution in [-0.4, -0.2) is 52.8 Å². The van der Waals surface area contributed by atoms with E-state index < -0.39 is 42.2 Å². The zero-order chi connectivity index (χ0) is 24.5. The lowest BCUT2D eigenvalue weighted by Gasteiger charge is -2.44. The van der Waals surface area contributed by atoms with E-state index in [-0.39, 0.29) is 24.2 Å². The predicted molar refractivity (Wildman–Crippen MR) is 117 cm³/mol. The first kappa shape index (κ1) is 24.2. The van der Waals surface area contributed by atoms with Crippen molar-refractivity contribution < 1.29 is 33.8 Å². The summed E-state index contributed by atoms with van der Waals surface area (Å²) in [5, 5.41) is 12.5. The minimum atomic E-state index is -0.866. The molecule has 3 rings (SSSR count). The molecule has 3 atom stereocenters. The van der Waals surface area contributed by atoms with Gasteiger partial charge in [0.25, 0.3) is 0 Å². The molecule has 4 N–H and O–H groups in total. The molecule has 1 saturated heterocycles. The summed E-state index contributed by atoms with van der Waals surface area (Å²) >= 11 is 0. The van der Waals surface area contributed by atoms with E-state index in [1.54, 1.807) is 45.0 Å². The fraction of sp³-hybridized carbons (Fsp3) is 0.478. The fourth-order valence-corrected chi connectivity index (χ4v) is 4.00. The Morgan fingerprint density at radius 2 is 1.97 bits per heavy atom. The van der Waals surface area contributed by atoms with Gasteiger partial charge in [-0.1, -0.05) is 18.2 Å². The van der Waals surface area contributed by atoms with Crippen molar-refractivity contribution in [1.29, 1.82) is 0 Å².